The number of nitrogens with one attached hydrogen (secondary N) is 2. The third-order valence-electron chi connectivity index (χ3n) is 4.08. The highest BCUT2D eigenvalue weighted by Gasteiger charge is 2.34. The van der Waals surface area contributed by atoms with Crippen LogP contribution in [0.15, 0.2) is 24.3 Å². The Kier molecular flexibility index (Phi) is 3.68. The lowest BCUT2D eigenvalue weighted by Gasteiger charge is -2.21. The van der Waals surface area contributed by atoms with Crippen molar-refractivity contribution >= 4 is 17.7 Å². The van der Waals surface area contributed by atoms with Crippen LogP contribution in [0.3, 0.4) is 0 Å². The Balaban J connectivity index is 1.57. The molecule has 1 aromatic rings. The number of amides is 2. The second kappa shape index (κ2) is 5.63. The molecule has 6 heteroatoms. The molecule has 0 saturated carbocycles. The highest BCUT2D eigenvalue weighted by atomic mass is 16.5. The number of para-hydroxylation sites is 1. The van der Waals surface area contributed by atoms with Gasteiger partial charge in [0.1, 0.15) is 6.04 Å². The molecule has 2 aliphatic heterocycles. The first-order valence-electron chi connectivity index (χ1n) is 7.15. The molecule has 2 amide bonds. The molecule has 1 saturated heterocycles. The number of hydrogen-bond donors (Lipinski definition) is 2. The zero-order valence-corrected chi connectivity index (χ0v) is 12.0. The molecule has 0 aliphatic carbocycles. The topological polar surface area (TPSA) is 70.7 Å². The SMILES string of the molecule is COC(=O)NC1CCN(C(=O)C2Cc3ccccc3N2)C1. The molecule has 2 unspecified atom stereocenters. The number of carbonyl (C=O) groups excluding carboxylic acids is 2. The second-order valence-electron chi connectivity index (χ2n) is 5.46. The average molecular weight is 289 g/mol. The predicted octanol–water partition coefficient (Wildman–Crippen LogP) is 0.980. The molecule has 6 nitrogen and oxygen atoms in total. The fourth-order valence-electron chi connectivity index (χ4n) is 2.97. The number of nitrogens with zero attached hydrogens (tertiary/aromatic N) is 1. The maximum Gasteiger partial charge on any atom is 0.407 e. The van der Waals surface area contributed by atoms with Crippen LogP contribution in [0, 0.1) is 0 Å². The molecule has 2 N–H and O–H groups in total. The highest BCUT2D eigenvalue weighted by molar-refractivity contribution is 5.87. The van der Waals surface area contributed by atoms with Crippen molar-refractivity contribution in [3.63, 3.8) is 0 Å². The van der Waals surface area contributed by atoms with Gasteiger partial charge >= 0.3 is 6.09 Å². The van der Waals surface area contributed by atoms with Gasteiger partial charge in [-0.25, -0.2) is 4.79 Å². The van der Waals surface area contributed by atoms with Crippen LogP contribution in [-0.4, -0.2) is 49.2 Å². The summed E-state index contributed by atoms with van der Waals surface area (Å²) in [6.07, 6.45) is 1.04. The molecule has 0 bridgehead atoms. The summed E-state index contributed by atoms with van der Waals surface area (Å²) in [6.45, 7) is 1.21. The Hall–Kier alpha value is -2.24. The van der Waals surface area contributed by atoms with Gasteiger partial charge in [-0.3, -0.25) is 4.79 Å². The Morgan fingerprint density at radius 1 is 1.38 bits per heavy atom. The van der Waals surface area contributed by atoms with Gasteiger partial charge < -0.3 is 20.3 Å². The maximum atomic E-state index is 12.5. The molecule has 112 valence electrons. The van der Waals surface area contributed by atoms with Gasteiger partial charge in [-0.2, -0.15) is 0 Å². The summed E-state index contributed by atoms with van der Waals surface area (Å²) in [5.74, 6) is 0.0976. The van der Waals surface area contributed by atoms with E-state index < -0.39 is 6.09 Å². The average Bonchev–Trinajstić information content (AvgIpc) is 3.12. The van der Waals surface area contributed by atoms with E-state index in [1.165, 1.54) is 12.7 Å². The van der Waals surface area contributed by atoms with Crippen LogP contribution in [0.25, 0.3) is 0 Å². The standard InChI is InChI=1S/C15H19N3O3/c1-21-15(20)16-11-6-7-18(9-11)14(19)13-8-10-4-2-3-5-12(10)17-13/h2-5,11,13,17H,6-9H2,1H3,(H,16,20). The number of likely N-dealkylation sites (tertiary alicyclic amines) is 1. The molecular weight excluding hydrogens is 270 g/mol. The molecule has 1 fully saturated rings. The number of benzene rings is 1. The van der Waals surface area contributed by atoms with Gasteiger partial charge in [0.15, 0.2) is 0 Å². The van der Waals surface area contributed by atoms with Gasteiger partial charge in [0, 0.05) is 25.2 Å². The van der Waals surface area contributed by atoms with Crippen LogP contribution in [0.1, 0.15) is 12.0 Å². The first kappa shape index (κ1) is 13.7. The number of carbonyl (C=O) groups is 2. The van der Waals surface area contributed by atoms with E-state index >= 15 is 0 Å². The van der Waals surface area contributed by atoms with Gasteiger partial charge in [-0.05, 0) is 18.1 Å². The van der Waals surface area contributed by atoms with Crippen LogP contribution in [-0.2, 0) is 16.0 Å². The molecule has 2 heterocycles. The van der Waals surface area contributed by atoms with E-state index in [9.17, 15) is 9.59 Å². The summed E-state index contributed by atoms with van der Waals surface area (Å²) in [5, 5.41) is 6.02. The zero-order valence-electron chi connectivity index (χ0n) is 12.0. The molecule has 2 atom stereocenters. The van der Waals surface area contributed by atoms with Crippen molar-refractivity contribution < 1.29 is 14.3 Å². The lowest BCUT2D eigenvalue weighted by Crippen LogP contribution is -2.43. The van der Waals surface area contributed by atoms with Crippen LogP contribution < -0.4 is 10.6 Å². The molecular formula is C15H19N3O3. The van der Waals surface area contributed by atoms with Crippen molar-refractivity contribution in [3.05, 3.63) is 29.8 Å². The Morgan fingerprint density at radius 2 is 2.19 bits per heavy atom. The Morgan fingerprint density at radius 3 is 2.95 bits per heavy atom. The summed E-state index contributed by atoms with van der Waals surface area (Å²) < 4.78 is 4.58. The summed E-state index contributed by atoms with van der Waals surface area (Å²) in [6, 6.07) is 7.77. The zero-order chi connectivity index (χ0) is 14.8. The largest absolute Gasteiger partial charge is 0.453 e. The number of fused-ring (bicyclic) bond motifs is 1. The molecule has 21 heavy (non-hydrogen) atoms. The summed E-state index contributed by atoms with van der Waals surface area (Å²) >= 11 is 0. The van der Waals surface area contributed by atoms with Crippen molar-refractivity contribution in [1.29, 1.82) is 0 Å². The number of anilines is 1. The summed E-state index contributed by atoms with van der Waals surface area (Å²) in [7, 11) is 1.34. The van der Waals surface area contributed by atoms with E-state index in [-0.39, 0.29) is 18.0 Å². The van der Waals surface area contributed by atoms with Crippen molar-refractivity contribution in [2.24, 2.45) is 0 Å². The number of methoxy groups -OCH3 is 1. The lowest BCUT2D eigenvalue weighted by molar-refractivity contribution is -0.130. The van der Waals surface area contributed by atoms with Crippen LogP contribution >= 0.6 is 0 Å². The van der Waals surface area contributed by atoms with Crippen LogP contribution in [0.2, 0.25) is 0 Å². The van der Waals surface area contributed by atoms with Gasteiger partial charge in [-0.15, -0.1) is 0 Å². The van der Waals surface area contributed by atoms with Gasteiger partial charge in [-0.1, -0.05) is 18.2 Å². The highest BCUT2D eigenvalue weighted by Crippen LogP contribution is 2.26. The number of ether oxygens (including phenoxy) is 1. The molecule has 0 aromatic heterocycles. The fraction of sp³-hybridized carbons (Fsp3) is 0.467. The number of rotatable bonds is 2. The first-order chi connectivity index (χ1) is 10.2. The van der Waals surface area contributed by atoms with E-state index in [4.69, 9.17) is 0 Å². The van der Waals surface area contributed by atoms with Gasteiger partial charge in [0.05, 0.1) is 13.2 Å². The van der Waals surface area contributed by atoms with E-state index in [1.54, 1.807) is 0 Å². The Labute approximate surface area is 123 Å². The molecule has 1 aromatic carbocycles. The third kappa shape index (κ3) is 2.79. The lowest BCUT2D eigenvalue weighted by atomic mass is 10.1. The quantitative estimate of drug-likeness (QED) is 0.851. The first-order valence-corrected chi connectivity index (χ1v) is 7.15. The third-order valence-corrected chi connectivity index (χ3v) is 4.08. The molecule has 3 rings (SSSR count). The Bertz CT molecular complexity index is 536. The van der Waals surface area contributed by atoms with Crippen molar-refractivity contribution in [2.45, 2.75) is 24.9 Å². The second-order valence-corrected chi connectivity index (χ2v) is 5.46. The van der Waals surface area contributed by atoms with Crippen LogP contribution in [0.5, 0.6) is 0 Å². The monoisotopic (exact) mass is 289 g/mol. The van der Waals surface area contributed by atoms with Crippen LogP contribution in [0.4, 0.5) is 10.5 Å². The maximum absolute atomic E-state index is 12.5. The molecule has 2 aliphatic rings. The van der Waals surface area contributed by atoms with E-state index in [1.807, 2.05) is 29.2 Å². The summed E-state index contributed by atoms with van der Waals surface area (Å²) in [4.78, 5) is 25.5. The van der Waals surface area contributed by atoms with Gasteiger partial charge in [0.2, 0.25) is 5.91 Å². The molecule has 0 spiro atoms. The predicted molar refractivity (Wildman–Crippen MR) is 78.1 cm³/mol. The van der Waals surface area contributed by atoms with Gasteiger partial charge in [0.25, 0.3) is 0 Å². The van der Waals surface area contributed by atoms with Crippen molar-refractivity contribution in [2.75, 3.05) is 25.5 Å². The van der Waals surface area contributed by atoms with E-state index in [2.05, 4.69) is 15.4 Å². The van der Waals surface area contributed by atoms with Crippen molar-refractivity contribution in [1.82, 2.24) is 10.2 Å². The number of hydrogen-bond acceptors (Lipinski definition) is 4. The fourth-order valence-corrected chi connectivity index (χ4v) is 2.97. The smallest absolute Gasteiger partial charge is 0.407 e. The minimum atomic E-state index is -0.444. The molecule has 0 radical (unpaired) electrons. The minimum Gasteiger partial charge on any atom is -0.453 e. The minimum absolute atomic E-state index is 0.0230. The number of alkyl carbamates (subject to hydrolysis) is 1. The van der Waals surface area contributed by atoms with E-state index in [0.29, 0.717) is 13.1 Å². The summed E-state index contributed by atoms with van der Waals surface area (Å²) in [5.41, 5.74) is 2.22. The van der Waals surface area contributed by atoms with E-state index in [0.717, 1.165) is 18.5 Å². The van der Waals surface area contributed by atoms with Crippen molar-refractivity contribution in [3.8, 4) is 0 Å². The normalized spacial score (nSPS) is 23.4.